The van der Waals surface area contributed by atoms with E-state index in [2.05, 4.69) is 32.2 Å². The molecule has 0 saturated carbocycles. The van der Waals surface area contributed by atoms with Crippen molar-refractivity contribution in [2.45, 2.75) is 70.6 Å². The van der Waals surface area contributed by atoms with Crippen molar-refractivity contribution in [3.8, 4) is 6.07 Å². The van der Waals surface area contributed by atoms with Gasteiger partial charge in [-0.1, -0.05) is 33.6 Å². The van der Waals surface area contributed by atoms with Gasteiger partial charge >= 0.3 is 0 Å². The minimum absolute atomic E-state index is 0.354. The SMILES string of the molecule is CCCCCSC(C)CC(C)(C#N)NCCC. The fraction of sp³-hybridized carbons (Fsp3) is 0.929. The standard InChI is InChI=1S/C14H28N2S/c1-5-7-8-10-17-13(3)11-14(4,12-15)16-9-6-2/h13,16H,5-11H2,1-4H3. The molecule has 3 heteroatoms. The zero-order chi connectivity index (χ0) is 13.1. The van der Waals surface area contributed by atoms with Crippen LogP contribution in [-0.2, 0) is 0 Å². The van der Waals surface area contributed by atoms with Crippen LogP contribution in [0.2, 0.25) is 0 Å². The average Bonchev–Trinajstić information content (AvgIpc) is 2.32. The van der Waals surface area contributed by atoms with Gasteiger partial charge in [-0.3, -0.25) is 5.32 Å². The molecule has 0 aromatic carbocycles. The Kier molecular flexibility index (Phi) is 9.68. The van der Waals surface area contributed by atoms with Crippen LogP contribution in [0.3, 0.4) is 0 Å². The van der Waals surface area contributed by atoms with Crippen LogP contribution in [0.15, 0.2) is 0 Å². The highest BCUT2D eigenvalue weighted by atomic mass is 32.2. The minimum atomic E-state index is -0.354. The van der Waals surface area contributed by atoms with E-state index in [0.29, 0.717) is 5.25 Å². The highest BCUT2D eigenvalue weighted by molar-refractivity contribution is 7.99. The Morgan fingerprint density at radius 3 is 2.53 bits per heavy atom. The molecule has 0 aromatic heterocycles. The van der Waals surface area contributed by atoms with Crippen molar-refractivity contribution in [3.05, 3.63) is 0 Å². The molecule has 0 radical (unpaired) electrons. The number of nitriles is 1. The first-order chi connectivity index (χ1) is 8.08. The number of hydrogen-bond donors (Lipinski definition) is 1. The van der Waals surface area contributed by atoms with Gasteiger partial charge in [-0.2, -0.15) is 17.0 Å². The molecular formula is C14H28N2S. The third-order valence-electron chi connectivity index (χ3n) is 2.86. The second kappa shape index (κ2) is 9.79. The van der Waals surface area contributed by atoms with E-state index in [9.17, 15) is 5.26 Å². The molecule has 0 saturated heterocycles. The largest absolute Gasteiger partial charge is 0.300 e. The summed E-state index contributed by atoms with van der Waals surface area (Å²) in [4.78, 5) is 0. The van der Waals surface area contributed by atoms with Crippen molar-refractivity contribution in [1.29, 1.82) is 5.26 Å². The summed E-state index contributed by atoms with van der Waals surface area (Å²) in [7, 11) is 0. The van der Waals surface area contributed by atoms with Gasteiger partial charge in [0.25, 0.3) is 0 Å². The topological polar surface area (TPSA) is 35.8 Å². The maximum atomic E-state index is 9.25. The number of thioether (sulfide) groups is 1. The molecule has 2 atom stereocenters. The van der Waals surface area contributed by atoms with Crippen molar-refractivity contribution in [2.75, 3.05) is 12.3 Å². The highest BCUT2D eigenvalue weighted by Crippen LogP contribution is 2.22. The summed E-state index contributed by atoms with van der Waals surface area (Å²) in [6.07, 6.45) is 5.92. The Balaban J connectivity index is 3.89. The lowest BCUT2D eigenvalue weighted by atomic mass is 9.98. The number of nitrogens with zero attached hydrogens (tertiary/aromatic N) is 1. The van der Waals surface area contributed by atoms with Gasteiger partial charge in [0.1, 0.15) is 5.54 Å². The van der Waals surface area contributed by atoms with Crippen LogP contribution in [0.5, 0.6) is 0 Å². The molecule has 0 aliphatic rings. The number of hydrogen-bond acceptors (Lipinski definition) is 3. The van der Waals surface area contributed by atoms with E-state index < -0.39 is 0 Å². The lowest BCUT2D eigenvalue weighted by Crippen LogP contribution is -2.43. The average molecular weight is 256 g/mol. The summed E-state index contributed by atoms with van der Waals surface area (Å²) in [5.74, 6) is 1.23. The number of unbranched alkanes of at least 4 members (excludes halogenated alkanes) is 2. The molecule has 0 bridgehead atoms. The molecule has 2 unspecified atom stereocenters. The van der Waals surface area contributed by atoms with Crippen LogP contribution >= 0.6 is 11.8 Å². The van der Waals surface area contributed by atoms with Gasteiger partial charge in [0.05, 0.1) is 6.07 Å². The summed E-state index contributed by atoms with van der Waals surface area (Å²) < 4.78 is 0. The van der Waals surface area contributed by atoms with Gasteiger partial charge in [-0.05, 0) is 38.5 Å². The van der Waals surface area contributed by atoms with Crippen molar-refractivity contribution in [1.82, 2.24) is 5.32 Å². The maximum Gasteiger partial charge on any atom is 0.104 e. The molecule has 100 valence electrons. The summed E-state index contributed by atoms with van der Waals surface area (Å²) in [6.45, 7) is 9.55. The van der Waals surface area contributed by atoms with E-state index in [1.54, 1.807) is 0 Å². The quantitative estimate of drug-likeness (QED) is 0.601. The van der Waals surface area contributed by atoms with E-state index in [0.717, 1.165) is 19.4 Å². The molecule has 0 aliphatic carbocycles. The predicted octanol–water partition coefficient (Wildman–Crippen LogP) is 3.97. The third-order valence-corrected chi connectivity index (χ3v) is 4.12. The molecule has 0 fully saturated rings. The molecule has 2 nitrogen and oxygen atoms in total. The summed E-state index contributed by atoms with van der Waals surface area (Å²) in [6, 6.07) is 2.42. The van der Waals surface area contributed by atoms with Gasteiger partial charge in [0.2, 0.25) is 0 Å². The van der Waals surface area contributed by atoms with Crippen molar-refractivity contribution < 1.29 is 0 Å². The Morgan fingerprint density at radius 1 is 1.29 bits per heavy atom. The van der Waals surface area contributed by atoms with Crippen LogP contribution in [-0.4, -0.2) is 23.1 Å². The van der Waals surface area contributed by atoms with Crippen LogP contribution < -0.4 is 5.32 Å². The maximum absolute atomic E-state index is 9.25. The smallest absolute Gasteiger partial charge is 0.104 e. The third kappa shape index (κ3) is 8.51. The normalized spacial score (nSPS) is 16.2. The highest BCUT2D eigenvalue weighted by Gasteiger charge is 2.25. The lowest BCUT2D eigenvalue weighted by Gasteiger charge is -2.26. The van der Waals surface area contributed by atoms with Crippen molar-refractivity contribution in [2.24, 2.45) is 0 Å². The van der Waals surface area contributed by atoms with Crippen LogP contribution in [0.4, 0.5) is 0 Å². The van der Waals surface area contributed by atoms with E-state index >= 15 is 0 Å². The van der Waals surface area contributed by atoms with E-state index in [1.807, 2.05) is 18.7 Å². The van der Waals surface area contributed by atoms with Gasteiger partial charge in [0.15, 0.2) is 0 Å². The second-order valence-corrected chi connectivity index (χ2v) is 6.51. The van der Waals surface area contributed by atoms with Crippen LogP contribution in [0.1, 0.15) is 59.8 Å². The van der Waals surface area contributed by atoms with E-state index in [1.165, 1.54) is 25.0 Å². The molecular weight excluding hydrogens is 228 g/mol. The van der Waals surface area contributed by atoms with Gasteiger partial charge in [-0.25, -0.2) is 0 Å². The van der Waals surface area contributed by atoms with Gasteiger partial charge < -0.3 is 0 Å². The lowest BCUT2D eigenvalue weighted by molar-refractivity contribution is 0.418. The molecule has 0 amide bonds. The Labute approximate surface area is 112 Å². The van der Waals surface area contributed by atoms with E-state index in [4.69, 9.17) is 0 Å². The fourth-order valence-corrected chi connectivity index (χ4v) is 3.05. The van der Waals surface area contributed by atoms with Crippen molar-refractivity contribution >= 4 is 11.8 Å². The first-order valence-corrected chi connectivity index (χ1v) is 7.90. The van der Waals surface area contributed by atoms with Crippen LogP contribution in [0.25, 0.3) is 0 Å². The number of nitrogens with one attached hydrogen (secondary N) is 1. The summed E-state index contributed by atoms with van der Waals surface area (Å²) in [5.41, 5.74) is -0.354. The second-order valence-electron chi connectivity index (χ2n) is 4.96. The molecule has 0 heterocycles. The molecule has 17 heavy (non-hydrogen) atoms. The molecule has 0 aliphatic heterocycles. The predicted molar refractivity (Wildman–Crippen MR) is 78.4 cm³/mol. The first kappa shape index (κ1) is 16.8. The molecule has 0 spiro atoms. The Hall–Kier alpha value is -0.200. The number of rotatable bonds is 10. The van der Waals surface area contributed by atoms with E-state index in [-0.39, 0.29) is 5.54 Å². The van der Waals surface area contributed by atoms with Crippen molar-refractivity contribution in [3.63, 3.8) is 0 Å². The zero-order valence-electron chi connectivity index (χ0n) is 11.9. The Bertz CT molecular complexity index is 225. The molecule has 0 aromatic rings. The zero-order valence-corrected chi connectivity index (χ0v) is 12.7. The monoisotopic (exact) mass is 256 g/mol. The van der Waals surface area contributed by atoms with Crippen LogP contribution in [0, 0.1) is 11.3 Å². The Morgan fingerprint density at radius 2 is 2.00 bits per heavy atom. The summed E-state index contributed by atoms with van der Waals surface area (Å²) in [5, 5.41) is 13.2. The van der Waals surface area contributed by atoms with Gasteiger partial charge in [-0.15, -0.1) is 0 Å². The van der Waals surface area contributed by atoms with Gasteiger partial charge in [0, 0.05) is 5.25 Å². The fourth-order valence-electron chi connectivity index (χ4n) is 1.83. The molecule has 1 N–H and O–H groups in total. The summed E-state index contributed by atoms with van der Waals surface area (Å²) >= 11 is 2.00. The minimum Gasteiger partial charge on any atom is -0.300 e. The molecule has 0 rings (SSSR count). The first-order valence-electron chi connectivity index (χ1n) is 6.85.